The second kappa shape index (κ2) is 8.34. The molecule has 24 heavy (non-hydrogen) atoms. The molecule has 1 rings (SSSR count). The number of hydrogen-bond donors (Lipinski definition) is 1. The lowest BCUT2D eigenvalue weighted by Crippen LogP contribution is -2.22. The average Bonchev–Trinajstić information content (AvgIpc) is 2.48. The predicted molar refractivity (Wildman–Crippen MR) is 84.4 cm³/mol. The van der Waals surface area contributed by atoms with Crippen LogP contribution < -0.4 is 5.32 Å². The molecule has 1 aromatic rings. The molecule has 0 atom stereocenters. The van der Waals surface area contributed by atoms with Gasteiger partial charge in [0.1, 0.15) is 11.8 Å². The summed E-state index contributed by atoms with van der Waals surface area (Å²) in [7, 11) is -4.39. The lowest BCUT2D eigenvalue weighted by Gasteiger charge is -2.21. The van der Waals surface area contributed by atoms with Crippen LogP contribution in [0.25, 0.3) is 0 Å². The second-order valence-electron chi connectivity index (χ2n) is 4.66. The number of nitriles is 1. The molecule has 1 N–H and O–H groups in total. The van der Waals surface area contributed by atoms with Crippen molar-refractivity contribution in [1.29, 1.82) is 5.26 Å². The van der Waals surface area contributed by atoms with Crippen LogP contribution in [0.15, 0.2) is 35.3 Å². The molecule has 0 saturated carbocycles. The van der Waals surface area contributed by atoms with E-state index in [0.29, 0.717) is 0 Å². The molecule has 0 saturated heterocycles. The minimum Gasteiger partial charge on any atom is -0.350 e. The van der Waals surface area contributed by atoms with Gasteiger partial charge in [0.25, 0.3) is 0 Å². The van der Waals surface area contributed by atoms with Crippen LogP contribution in [-0.4, -0.2) is 19.4 Å². The second-order valence-corrected chi connectivity index (χ2v) is 6.62. The molecular formula is C15H18F3N2O3P. The number of hydrogen-bond acceptors (Lipinski definition) is 5. The van der Waals surface area contributed by atoms with Gasteiger partial charge in [-0.3, -0.25) is 4.57 Å². The van der Waals surface area contributed by atoms with E-state index in [1.165, 1.54) is 32.0 Å². The first-order valence-electron chi connectivity index (χ1n) is 7.12. The Balaban J connectivity index is 3.47. The molecule has 0 bridgehead atoms. The van der Waals surface area contributed by atoms with Crippen molar-refractivity contribution in [3.8, 4) is 6.07 Å². The van der Waals surface area contributed by atoms with E-state index in [9.17, 15) is 23.0 Å². The van der Waals surface area contributed by atoms with E-state index in [0.717, 1.165) is 5.56 Å². The van der Waals surface area contributed by atoms with Crippen LogP contribution in [0.1, 0.15) is 19.4 Å². The Morgan fingerprint density at radius 2 is 1.71 bits per heavy atom. The van der Waals surface area contributed by atoms with Crippen molar-refractivity contribution < 1.29 is 26.8 Å². The molecule has 1 aromatic carbocycles. The standard InChI is InChI=1S/C15H18F3N2O3P/c1-4-22-24(21,23-5-2)13(10-19)14(15(16,17)18)20-12-8-6-11(3)7-9-12/h6-9,20H,4-5H2,1-3H3/b14-13-. The number of nitrogens with one attached hydrogen (secondary N) is 1. The largest absolute Gasteiger partial charge is 0.432 e. The maximum Gasteiger partial charge on any atom is 0.432 e. The zero-order valence-electron chi connectivity index (χ0n) is 13.5. The van der Waals surface area contributed by atoms with Gasteiger partial charge in [0.2, 0.25) is 0 Å². The molecule has 0 amide bonds. The van der Waals surface area contributed by atoms with Crippen molar-refractivity contribution in [2.24, 2.45) is 0 Å². The summed E-state index contributed by atoms with van der Waals surface area (Å²) in [5.74, 6) is 0. The highest BCUT2D eigenvalue weighted by atomic mass is 31.2. The summed E-state index contributed by atoms with van der Waals surface area (Å²) < 4.78 is 62.6. The van der Waals surface area contributed by atoms with Gasteiger partial charge in [-0.1, -0.05) is 17.7 Å². The minimum atomic E-state index is -4.94. The number of halogens is 3. The Kier molecular flexibility index (Phi) is 7.03. The molecule has 0 radical (unpaired) electrons. The van der Waals surface area contributed by atoms with Gasteiger partial charge in [-0.05, 0) is 32.9 Å². The first-order chi connectivity index (χ1) is 11.2. The van der Waals surface area contributed by atoms with Crippen molar-refractivity contribution in [3.63, 3.8) is 0 Å². The van der Waals surface area contributed by atoms with Gasteiger partial charge in [0.15, 0.2) is 5.31 Å². The molecular weight excluding hydrogens is 344 g/mol. The topological polar surface area (TPSA) is 71.3 Å². The summed E-state index contributed by atoms with van der Waals surface area (Å²) in [5, 5.41) is 10.2. The highest BCUT2D eigenvalue weighted by Gasteiger charge is 2.44. The van der Waals surface area contributed by atoms with Crippen molar-refractivity contribution in [2.45, 2.75) is 26.9 Å². The van der Waals surface area contributed by atoms with Gasteiger partial charge >= 0.3 is 13.8 Å². The van der Waals surface area contributed by atoms with Gasteiger partial charge in [-0.25, -0.2) is 0 Å². The maximum atomic E-state index is 13.4. The molecule has 0 unspecified atom stereocenters. The number of allylic oxidation sites excluding steroid dienone is 2. The third kappa shape index (κ3) is 5.10. The molecule has 5 nitrogen and oxygen atoms in total. The van der Waals surface area contributed by atoms with Crippen molar-refractivity contribution in [3.05, 3.63) is 40.8 Å². The quantitative estimate of drug-likeness (QED) is 0.548. The molecule has 0 aliphatic rings. The lowest BCUT2D eigenvalue weighted by atomic mass is 10.2. The van der Waals surface area contributed by atoms with Gasteiger partial charge in [0, 0.05) is 5.69 Å². The van der Waals surface area contributed by atoms with E-state index >= 15 is 0 Å². The summed E-state index contributed by atoms with van der Waals surface area (Å²) in [6.07, 6.45) is -4.94. The molecule has 132 valence electrons. The summed E-state index contributed by atoms with van der Waals surface area (Å²) in [4.78, 5) is 0. The van der Waals surface area contributed by atoms with E-state index in [2.05, 4.69) is 5.32 Å². The number of nitrogens with zero attached hydrogens (tertiary/aromatic N) is 1. The van der Waals surface area contributed by atoms with Crippen LogP contribution in [0.3, 0.4) is 0 Å². The molecule has 0 fully saturated rings. The number of aryl methyl sites for hydroxylation is 1. The molecule has 0 heterocycles. The molecule has 0 spiro atoms. The molecule has 0 aliphatic heterocycles. The number of alkyl halides is 3. The lowest BCUT2D eigenvalue weighted by molar-refractivity contribution is -0.0906. The smallest absolute Gasteiger partial charge is 0.350 e. The highest BCUT2D eigenvalue weighted by molar-refractivity contribution is 7.59. The third-order valence-electron chi connectivity index (χ3n) is 2.82. The number of rotatable bonds is 7. The van der Waals surface area contributed by atoms with Crippen LogP contribution in [-0.2, 0) is 13.6 Å². The first-order valence-corrected chi connectivity index (χ1v) is 8.67. The minimum absolute atomic E-state index is 0.0974. The van der Waals surface area contributed by atoms with Crippen LogP contribution in [0.4, 0.5) is 18.9 Å². The van der Waals surface area contributed by atoms with Crippen LogP contribution in [0, 0.1) is 18.3 Å². The SMILES string of the molecule is CCOP(=O)(OCC)/C(C#N)=C(\Nc1ccc(C)cc1)C(F)(F)F. The summed E-state index contributed by atoms with van der Waals surface area (Å²) in [6, 6.07) is 7.38. The Morgan fingerprint density at radius 3 is 2.08 bits per heavy atom. The summed E-state index contributed by atoms with van der Waals surface area (Å²) in [6.45, 7) is 4.34. The van der Waals surface area contributed by atoms with Crippen molar-refractivity contribution in [2.75, 3.05) is 18.5 Å². The van der Waals surface area contributed by atoms with Crippen LogP contribution in [0.5, 0.6) is 0 Å². The zero-order chi connectivity index (χ0) is 18.4. The average molecular weight is 362 g/mol. The van der Waals surface area contributed by atoms with E-state index in [1.54, 1.807) is 19.1 Å². The van der Waals surface area contributed by atoms with Crippen molar-refractivity contribution >= 4 is 13.3 Å². The fraction of sp³-hybridized carbons (Fsp3) is 0.400. The normalized spacial score (nSPS) is 13.2. The van der Waals surface area contributed by atoms with Crippen molar-refractivity contribution in [1.82, 2.24) is 0 Å². The molecule has 9 heteroatoms. The van der Waals surface area contributed by atoms with Gasteiger partial charge in [0.05, 0.1) is 13.2 Å². The van der Waals surface area contributed by atoms with Gasteiger partial charge < -0.3 is 14.4 Å². The fourth-order valence-electron chi connectivity index (χ4n) is 1.81. The summed E-state index contributed by atoms with van der Waals surface area (Å²) in [5.41, 5.74) is -0.507. The van der Waals surface area contributed by atoms with E-state index in [1.807, 2.05) is 0 Å². The van der Waals surface area contributed by atoms with Crippen LogP contribution >= 0.6 is 7.60 Å². The van der Waals surface area contributed by atoms with E-state index in [4.69, 9.17) is 9.05 Å². The Bertz CT molecular complexity index is 669. The predicted octanol–water partition coefficient (Wildman–Crippen LogP) is 4.97. The first kappa shape index (κ1) is 20.2. The Hall–Kier alpha value is -1.81. The molecule has 0 aromatic heterocycles. The number of anilines is 1. The fourth-order valence-corrected chi connectivity index (χ4v) is 3.40. The Labute approximate surface area is 138 Å². The maximum absolute atomic E-state index is 13.4. The Morgan fingerprint density at radius 1 is 1.21 bits per heavy atom. The highest BCUT2D eigenvalue weighted by Crippen LogP contribution is 2.58. The zero-order valence-corrected chi connectivity index (χ0v) is 14.4. The van der Waals surface area contributed by atoms with E-state index < -0.39 is 24.8 Å². The van der Waals surface area contributed by atoms with E-state index in [-0.39, 0.29) is 18.9 Å². The van der Waals surface area contributed by atoms with Crippen LogP contribution in [0.2, 0.25) is 0 Å². The summed E-state index contributed by atoms with van der Waals surface area (Å²) >= 11 is 0. The monoisotopic (exact) mass is 362 g/mol. The van der Waals surface area contributed by atoms with Gasteiger partial charge in [-0.2, -0.15) is 18.4 Å². The third-order valence-corrected chi connectivity index (χ3v) is 4.89. The molecule has 0 aliphatic carbocycles. The van der Waals surface area contributed by atoms with Gasteiger partial charge in [-0.15, -0.1) is 0 Å². The number of benzene rings is 1.